The first-order valence-corrected chi connectivity index (χ1v) is 4.26. The van der Waals surface area contributed by atoms with E-state index in [0.29, 0.717) is 13.0 Å². The summed E-state index contributed by atoms with van der Waals surface area (Å²) in [4.78, 5) is 24.3. The van der Waals surface area contributed by atoms with Gasteiger partial charge in [0.15, 0.2) is 0 Å². The lowest BCUT2D eigenvalue weighted by Crippen LogP contribution is -2.31. The Morgan fingerprint density at radius 1 is 1.57 bits per heavy atom. The molecule has 2 heterocycles. The third-order valence-corrected chi connectivity index (χ3v) is 2.10. The normalized spacial score (nSPS) is 21.4. The van der Waals surface area contributed by atoms with Crippen molar-refractivity contribution in [2.45, 2.75) is 12.6 Å². The van der Waals surface area contributed by atoms with Crippen LogP contribution in [0.15, 0.2) is 34.0 Å². The van der Waals surface area contributed by atoms with Crippen molar-refractivity contribution in [1.29, 1.82) is 0 Å². The zero-order valence-electron chi connectivity index (χ0n) is 7.53. The maximum Gasteiger partial charge on any atom is 0.330 e. The molecule has 1 fully saturated rings. The minimum atomic E-state index is -0.447. The summed E-state index contributed by atoms with van der Waals surface area (Å²) in [6.07, 6.45) is 1.72. The van der Waals surface area contributed by atoms with E-state index in [-0.39, 0.29) is 6.23 Å². The van der Waals surface area contributed by atoms with Gasteiger partial charge in [0.1, 0.15) is 6.23 Å². The van der Waals surface area contributed by atoms with Gasteiger partial charge in [-0.1, -0.05) is 6.58 Å². The van der Waals surface area contributed by atoms with Crippen molar-refractivity contribution >= 4 is 0 Å². The van der Waals surface area contributed by atoms with E-state index in [1.807, 2.05) is 0 Å². The highest BCUT2D eigenvalue weighted by molar-refractivity contribution is 5.01. The van der Waals surface area contributed by atoms with Gasteiger partial charge >= 0.3 is 5.69 Å². The third kappa shape index (κ3) is 1.54. The number of hydrogen-bond acceptors (Lipinski definition) is 3. The predicted octanol–water partition coefficient (Wildman–Crippen LogP) is 0.0117. The Labute approximate surface area is 79.6 Å². The van der Waals surface area contributed by atoms with Gasteiger partial charge in [0, 0.05) is 18.7 Å². The van der Waals surface area contributed by atoms with E-state index in [4.69, 9.17) is 4.74 Å². The summed E-state index contributed by atoms with van der Waals surface area (Å²) < 4.78 is 6.67. The summed E-state index contributed by atoms with van der Waals surface area (Å²) in [5.74, 6) is 0. The van der Waals surface area contributed by atoms with Crippen molar-refractivity contribution in [2.75, 3.05) is 6.61 Å². The van der Waals surface area contributed by atoms with Crippen molar-refractivity contribution in [3.05, 3.63) is 45.3 Å². The zero-order chi connectivity index (χ0) is 10.1. The highest BCUT2D eigenvalue weighted by Gasteiger charge is 2.20. The largest absolute Gasteiger partial charge is 0.353 e. The Bertz CT molecular complexity index is 471. The van der Waals surface area contributed by atoms with E-state index in [9.17, 15) is 9.59 Å². The summed E-state index contributed by atoms with van der Waals surface area (Å²) in [7, 11) is 0. The van der Waals surface area contributed by atoms with Crippen molar-refractivity contribution in [1.82, 2.24) is 9.55 Å². The third-order valence-electron chi connectivity index (χ3n) is 2.10. The molecular formula is C9H10N2O3. The first-order valence-electron chi connectivity index (χ1n) is 4.26. The van der Waals surface area contributed by atoms with Crippen LogP contribution in [0.3, 0.4) is 0 Å². The Morgan fingerprint density at radius 2 is 2.36 bits per heavy atom. The number of ether oxygens (including phenoxy) is 1. The average molecular weight is 194 g/mol. The van der Waals surface area contributed by atoms with Crippen LogP contribution in [0.25, 0.3) is 0 Å². The fraction of sp³-hybridized carbons (Fsp3) is 0.333. The van der Waals surface area contributed by atoms with Gasteiger partial charge in [0.2, 0.25) is 0 Å². The first kappa shape index (κ1) is 8.96. The van der Waals surface area contributed by atoms with Crippen molar-refractivity contribution < 1.29 is 4.74 Å². The van der Waals surface area contributed by atoms with Crippen molar-refractivity contribution in [3.8, 4) is 0 Å². The van der Waals surface area contributed by atoms with Crippen molar-refractivity contribution in [2.24, 2.45) is 0 Å². The van der Waals surface area contributed by atoms with Gasteiger partial charge in [0.05, 0.1) is 6.61 Å². The number of aromatic amines is 1. The van der Waals surface area contributed by atoms with E-state index >= 15 is 0 Å². The molecule has 1 aromatic heterocycles. The van der Waals surface area contributed by atoms with Crippen LogP contribution < -0.4 is 11.2 Å². The summed E-state index contributed by atoms with van der Waals surface area (Å²) in [6, 6.07) is 1.30. The fourth-order valence-corrected chi connectivity index (χ4v) is 1.41. The molecule has 1 N–H and O–H groups in total. The van der Waals surface area contributed by atoms with E-state index in [1.54, 1.807) is 0 Å². The molecule has 5 heteroatoms. The Morgan fingerprint density at radius 3 is 2.93 bits per heavy atom. The van der Waals surface area contributed by atoms with Crippen LogP contribution in [0, 0.1) is 0 Å². The number of nitrogens with zero attached hydrogens (tertiary/aromatic N) is 1. The lowest BCUT2D eigenvalue weighted by atomic mass is 10.2. The van der Waals surface area contributed by atoms with Crippen LogP contribution >= 0.6 is 0 Å². The second kappa shape index (κ2) is 3.26. The first-order chi connectivity index (χ1) is 6.66. The van der Waals surface area contributed by atoms with Crippen LogP contribution in [0.2, 0.25) is 0 Å². The molecule has 1 aromatic rings. The summed E-state index contributed by atoms with van der Waals surface area (Å²) in [5.41, 5.74) is 0.105. The number of aromatic nitrogens is 2. The molecule has 1 aliphatic rings. The van der Waals surface area contributed by atoms with Crippen LogP contribution in [-0.2, 0) is 4.74 Å². The lowest BCUT2D eigenvalue weighted by molar-refractivity contribution is 0.0539. The van der Waals surface area contributed by atoms with Crippen molar-refractivity contribution in [3.63, 3.8) is 0 Å². The number of H-pyrrole nitrogens is 1. The van der Waals surface area contributed by atoms with Crippen LogP contribution in [0.4, 0.5) is 0 Å². The molecule has 14 heavy (non-hydrogen) atoms. The monoisotopic (exact) mass is 194 g/mol. The molecule has 0 aromatic carbocycles. The van der Waals surface area contributed by atoms with Crippen LogP contribution in [0.5, 0.6) is 0 Å². The van der Waals surface area contributed by atoms with Gasteiger partial charge in [-0.25, -0.2) is 4.79 Å². The number of rotatable bonds is 1. The Hall–Kier alpha value is -1.62. The summed E-state index contributed by atoms with van der Waals surface area (Å²) in [6.45, 7) is 4.23. The topological polar surface area (TPSA) is 64.1 Å². The van der Waals surface area contributed by atoms with Crippen LogP contribution in [0.1, 0.15) is 12.6 Å². The SMILES string of the molecule is C=C1COC(n2ccc(=O)[nH]c2=O)C1. The molecule has 5 nitrogen and oxygen atoms in total. The molecule has 0 saturated carbocycles. The van der Waals surface area contributed by atoms with Gasteiger partial charge < -0.3 is 4.74 Å². The minimum absolute atomic E-state index is 0.327. The fourth-order valence-electron chi connectivity index (χ4n) is 1.41. The number of nitrogens with one attached hydrogen (secondary N) is 1. The van der Waals surface area contributed by atoms with Gasteiger partial charge in [-0.3, -0.25) is 14.3 Å². The highest BCUT2D eigenvalue weighted by Crippen LogP contribution is 2.23. The summed E-state index contributed by atoms with van der Waals surface area (Å²) in [5, 5.41) is 0. The quantitative estimate of drug-likeness (QED) is 0.640. The van der Waals surface area contributed by atoms with Gasteiger partial charge in [-0.2, -0.15) is 0 Å². The standard InChI is InChI=1S/C9H10N2O3/c1-6-4-8(14-5-6)11-3-2-7(12)10-9(11)13/h2-3,8H,1,4-5H2,(H,10,12,13). The Balaban J connectivity index is 2.38. The molecule has 74 valence electrons. The van der Waals surface area contributed by atoms with E-state index in [1.165, 1.54) is 16.8 Å². The second-order valence-corrected chi connectivity index (χ2v) is 3.24. The molecule has 2 rings (SSSR count). The smallest absolute Gasteiger partial charge is 0.330 e. The molecule has 1 atom stereocenters. The number of hydrogen-bond donors (Lipinski definition) is 1. The second-order valence-electron chi connectivity index (χ2n) is 3.24. The maximum atomic E-state index is 11.3. The van der Waals surface area contributed by atoms with Gasteiger partial charge in [-0.05, 0) is 5.57 Å². The average Bonchev–Trinajstić information content (AvgIpc) is 2.51. The molecule has 0 bridgehead atoms. The lowest BCUT2D eigenvalue weighted by Gasteiger charge is -2.10. The predicted molar refractivity (Wildman–Crippen MR) is 50.1 cm³/mol. The molecule has 1 aliphatic heterocycles. The molecule has 0 aliphatic carbocycles. The maximum absolute atomic E-state index is 11.3. The molecule has 1 unspecified atom stereocenters. The van der Waals surface area contributed by atoms with E-state index < -0.39 is 11.2 Å². The molecule has 1 saturated heterocycles. The molecule has 0 spiro atoms. The van der Waals surface area contributed by atoms with Crippen LogP contribution in [-0.4, -0.2) is 16.2 Å². The molecular weight excluding hydrogens is 184 g/mol. The van der Waals surface area contributed by atoms with E-state index in [0.717, 1.165) is 5.57 Å². The Kier molecular flexibility index (Phi) is 2.09. The highest BCUT2D eigenvalue weighted by atomic mass is 16.5. The minimum Gasteiger partial charge on any atom is -0.353 e. The van der Waals surface area contributed by atoms with Gasteiger partial charge in [0.25, 0.3) is 5.56 Å². The zero-order valence-corrected chi connectivity index (χ0v) is 7.53. The van der Waals surface area contributed by atoms with E-state index in [2.05, 4.69) is 11.6 Å². The molecule has 0 radical (unpaired) electrons. The van der Waals surface area contributed by atoms with Gasteiger partial charge in [-0.15, -0.1) is 0 Å². The molecule has 0 amide bonds. The summed E-state index contributed by atoms with van der Waals surface area (Å²) >= 11 is 0.